The molecule has 64 heavy (non-hydrogen) atoms. The average molecular weight is 853 g/mol. The van der Waals surface area contributed by atoms with Crippen molar-refractivity contribution >= 4 is 34.1 Å². The van der Waals surface area contributed by atoms with Crippen molar-refractivity contribution in [3.63, 3.8) is 0 Å². The Labute approximate surface area is 390 Å². The molecule has 0 aliphatic rings. The SMILES string of the molecule is CCCCCCc1cc(-c2ccc(N(c3ccc(N(c4ccc(C)cc4)c4c(C)cc(C(C)(C)C)cc4C)cc3)c3c(C)cc(C(C)(C)C)cc3C)cc2)c(CCCCCC)cc1C. The third kappa shape index (κ3) is 11.4. The van der Waals surface area contributed by atoms with E-state index in [9.17, 15) is 0 Å². The standard InChI is InChI=1S/C62H80N2/c1-15-17-19-21-23-50-42-58(51(37-44(50)4)24-22-20-18-16-2)49-27-31-55(32-28-49)64(60-47(7)40-53(41-48(60)8)62(12,13)14)57-35-33-56(34-36-57)63(54-29-25-43(3)26-30-54)59-45(5)38-52(39-46(59)6)61(9,10)11/h25-42H,15-24H2,1-14H3. The second kappa shape index (κ2) is 20.8. The van der Waals surface area contributed by atoms with Crippen LogP contribution in [0.5, 0.6) is 0 Å². The molecule has 0 amide bonds. The molecule has 0 aromatic heterocycles. The van der Waals surface area contributed by atoms with Crippen molar-refractivity contribution in [2.45, 2.75) is 172 Å². The lowest BCUT2D eigenvalue weighted by atomic mass is 9.84. The molecule has 0 saturated carbocycles. The highest BCUT2D eigenvalue weighted by atomic mass is 15.2. The normalized spacial score (nSPS) is 11.9. The number of anilines is 6. The number of benzene rings is 6. The number of nitrogens with zero attached hydrogens (tertiary/aromatic N) is 2. The van der Waals surface area contributed by atoms with Gasteiger partial charge in [-0.25, -0.2) is 0 Å². The van der Waals surface area contributed by atoms with E-state index in [2.05, 4.69) is 216 Å². The van der Waals surface area contributed by atoms with E-state index in [1.54, 1.807) is 0 Å². The first kappa shape index (κ1) is 48.4. The van der Waals surface area contributed by atoms with Crippen LogP contribution in [0.15, 0.2) is 109 Å². The zero-order valence-corrected chi connectivity index (χ0v) is 42.4. The average Bonchev–Trinajstić information content (AvgIpc) is 3.24. The van der Waals surface area contributed by atoms with Crippen molar-refractivity contribution in [1.29, 1.82) is 0 Å². The fourth-order valence-corrected chi connectivity index (χ4v) is 9.57. The fourth-order valence-electron chi connectivity index (χ4n) is 9.57. The molecule has 0 aliphatic carbocycles. The summed E-state index contributed by atoms with van der Waals surface area (Å²) in [5.74, 6) is 0. The summed E-state index contributed by atoms with van der Waals surface area (Å²) in [5, 5.41) is 0. The van der Waals surface area contributed by atoms with Gasteiger partial charge < -0.3 is 9.80 Å². The minimum atomic E-state index is 0.0557. The minimum Gasteiger partial charge on any atom is -0.310 e. The molecule has 6 aromatic rings. The van der Waals surface area contributed by atoms with Crippen LogP contribution in [0.2, 0.25) is 0 Å². The summed E-state index contributed by atoms with van der Waals surface area (Å²) in [4.78, 5) is 4.95. The topological polar surface area (TPSA) is 6.48 Å². The van der Waals surface area contributed by atoms with Crippen LogP contribution in [-0.4, -0.2) is 0 Å². The van der Waals surface area contributed by atoms with Crippen molar-refractivity contribution in [2.75, 3.05) is 9.80 Å². The highest BCUT2D eigenvalue weighted by Gasteiger charge is 2.25. The maximum absolute atomic E-state index is 2.54. The fraction of sp³-hybridized carbons (Fsp3) is 0.419. The van der Waals surface area contributed by atoms with Crippen molar-refractivity contribution in [3.05, 3.63) is 165 Å². The minimum absolute atomic E-state index is 0.0557. The second-order valence-corrected chi connectivity index (χ2v) is 21.0. The van der Waals surface area contributed by atoms with E-state index in [0.717, 1.165) is 29.9 Å². The van der Waals surface area contributed by atoms with Gasteiger partial charge in [0.05, 0.1) is 11.4 Å². The summed E-state index contributed by atoms with van der Waals surface area (Å²) < 4.78 is 0. The Morgan fingerprint density at radius 3 is 1.11 bits per heavy atom. The lowest BCUT2D eigenvalue weighted by Gasteiger charge is -2.33. The Hall–Kier alpha value is -5.08. The van der Waals surface area contributed by atoms with Crippen LogP contribution in [-0.2, 0) is 23.7 Å². The van der Waals surface area contributed by atoms with Gasteiger partial charge in [-0.2, -0.15) is 0 Å². The zero-order valence-electron chi connectivity index (χ0n) is 42.4. The quantitative estimate of drug-likeness (QED) is 0.0844. The Kier molecular flexibility index (Phi) is 15.7. The number of unbranched alkanes of at least 4 members (excludes halogenated alkanes) is 6. The van der Waals surface area contributed by atoms with Crippen LogP contribution in [0.1, 0.15) is 162 Å². The van der Waals surface area contributed by atoms with E-state index in [0.29, 0.717) is 0 Å². The molecule has 0 unspecified atom stereocenters. The summed E-state index contributed by atoms with van der Waals surface area (Å²) in [6, 6.07) is 42.4. The summed E-state index contributed by atoms with van der Waals surface area (Å²) in [5.41, 5.74) is 23.5. The largest absolute Gasteiger partial charge is 0.310 e. The molecule has 0 N–H and O–H groups in total. The molecule has 338 valence electrons. The van der Waals surface area contributed by atoms with E-state index in [1.807, 2.05) is 0 Å². The first-order valence-electron chi connectivity index (χ1n) is 24.6. The van der Waals surface area contributed by atoms with Crippen LogP contribution in [0.25, 0.3) is 11.1 Å². The Morgan fingerprint density at radius 1 is 0.375 bits per heavy atom. The Bertz CT molecular complexity index is 2420. The smallest absolute Gasteiger partial charge is 0.0520 e. The Balaban J connectivity index is 1.47. The molecule has 0 aliphatic heterocycles. The third-order valence-electron chi connectivity index (χ3n) is 13.4. The van der Waals surface area contributed by atoms with Gasteiger partial charge in [0.15, 0.2) is 0 Å². The first-order valence-corrected chi connectivity index (χ1v) is 24.6. The molecule has 6 aromatic carbocycles. The monoisotopic (exact) mass is 853 g/mol. The number of rotatable bonds is 17. The van der Waals surface area contributed by atoms with Gasteiger partial charge >= 0.3 is 0 Å². The third-order valence-corrected chi connectivity index (χ3v) is 13.4. The van der Waals surface area contributed by atoms with Gasteiger partial charge in [0.1, 0.15) is 0 Å². The van der Waals surface area contributed by atoms with Gasteiger partial charge in [0.25, 0.3) is 0 Å². The number of aryl methyl sites for hydroxylation is 8. The van der Waals surface area contributed by atoms with E-state index in [1.165, 1.54) is 135 Å². The maximum Gasteiger partial charge on any atom is 0.0520 e. The lowest BCUT2D eigenvalue weighted by molar-refractivity contribution is 0.589. The Morgan fingerprint density at radius 2 is 0.734 bits per heavy atom. The number of hydrogen-bond acceptors (Lipinski definition) is 2. The van der Waals surface area contributed by atoms with Crippen LogP contribution in [0, 0.1) is 41.5 Å². The molecule has 2 nitrogen and oxygen atoms in total. The predicted molar refractivity (Wildman–Crippen MR) is 283 cm³/mol. The maximum atomic E-state index is 2.54. The number of hydrogen-bond donors (Lipinski definition) is 0. The molecule has 0 saturated heterocycles. The molecule has 6 rings (SSSR count). The first-order chi connectivity index (χ1) is 30.4. The molecule has 0 fully saturated rings. The summed E-state index contributed by atoms with van der Waals surface area (Å²) in [7, 11) is 0. The predicted octanol–water partition coefficient (Wildman–Crippen LogP) is 19.0. The van der Waals surface area contributed by atoms with Crippen LogP contribution in [0.4, 0.5) is 34.1 Å². The van der Waals surface area contributed by atoms with E-state index in [4.69, 9.17) is 0 Å². The molecular formula is C62H80N2. The van der Waals surface area contributed by atoms with Crippen molar-refractivity contribution in [3.8, 4) is 11.1 Å². The summed E-state index contributed by atoms with van der Waals surface area (Å²) in [6.45, 7) is 32.1. The van der Waals surface area contributed by atoms with E-state index >= 15 is 0 Å². The highest BCUT2D eigenvalue weighted by Crippen LogP contribution is 2.45. The summed E-state index contributed by atoms with van der Waals surface area (Å²) >= 11 is 0. The molecule has 0 bridgehead atoms. The van der Waals surface area contributed by atoms with E-state index in [-0.39, 0.29) is 10.8 Å². The van der Waals surface area contributed by atoms with Crippen LogP contribution in [0.3, 0.4) is 0 Å². The van der Waals surface area contributed by atoms with Crippen molar-refractivity contribution < 1.29 is 0 Å². The second-order valence-electron chi connectivity index (χ2n) is 21.0. The molecule has 0 atom stereocenters. The van der Waals surface area contributed by atoms with Crippen molar-refractivity contribution in [2.24, 2.45) is 0 Å². The van der Waals surface area contributed by atoms with Gasteiger partial charge in [0.2, 0.25) is 0 Å². The molecule has 0 spiro atoms. The molecule has 0 radical (unpaired) electrons. The van der Waals surface area contributed by atoms with Crippen LogP contribution >= 0.6 is 0 Å². The zero-order chi connectivity index (χ0) is 46.3. The van der Waals surface area contributed by atoms with Gasteiger partial charge in [-0.15, -0.1) is 0 Å². The highest BCUT2D eigenvalue weighted by molar-refractivity contribution is 5.85. The van der Waals surface area contributed by atoms with Gasteiger partial charge in [-0.1, -0.05) is 160 Å². The van der Waals surface area contributed by atoms with Gasteiger partial charge in [0, 0.05) is 22.7 Å². The van der Waals surface area contributed by atoms with Gasteiger partial charge in [-0.05, 0) is 188 Å². The molecular weight excluding hydrogens is 773 g/mol. The van der Waals surface area contributed by atoms with Gasteiger partial charge in [-0.3, -0.25) is 0 Å². The summed E-state index contributed by atoms with van der Waals surface area (Å²) in [6.07, 6.45) is 12.5. The van der Waals surface area contributed by atoms with Crippen LogP contribution < -0.4 is 9.80 Å². The molecule has 2 heteroatoms. The van der Waals surface area contributed by atoms with E-state index < -0.39 is 0 Å². The molecule has 0 heterocycles. The van der Waals surface area contributed by atoms with Crippen molar-refractivity contribution in [1.82, 2.24) is 0 Å². The lowest BCUT2D eigenvalue weighted by Crippen LogP contribution is -2.17.